The number of nitrogens with zero attached hydrogens (tertiary/aromatic N) is 1. The number of nitrogens with one attached hydrogen (secondary N) is 1. The van der Waals surface area contributed by atoms with E-state index in [1.165, 1.54) is 17.0 Å². The molecule has 43 heavy (non-hydrogen) atoms. The van der Waals surface area contributed by atoms with Gasteiger partial charge in [0.15, 0.2) is 5.41 Å². The summed E-state index contributed by atoms with van der Waals surface area (Å²) < 4.78 is 14.0. The molecule has 0 bridgehead atoms. The van der Waals surface area contributed by atoms with Crippen molar-refractivity contribution >= 4 is 34.7 Å². The van der Waals surface area contributed by atoms with Crippen LogP contribution in [0.15, 0.2) is 84.9 Å². The van der Waals surface area contributed by atoms with Crippen LogP contribution in [0.25, 0.3) is 11.3 Å². The van der Waals surface area contributed by atoms with Gasteiger partial charge in [0.1, 0.15) is 5.82 Å². The summed E-state index contributed by atoms with van der Waals surface area (Å²) in [5, 5.41) is 34.4. The van der Waals surface area contributed by atoms with E-state index in [4.69, 9.17) is 0 Å². The van der Waals surface area contributed by atoms with Gasteiger partial charge in [-0.3, -0.25) is 9.59 Å². The summed E-state index contributed by atoms with van der Waals surface area (Å²) in [5.74, 6) is -3.47. The maximum absolute atomic E-state index is 14.6. The molecule has 220 valence electrons. The molecule has 3 unspecified atom stereocenters. The van der Waals surface area contributed by atoms with Crippen LogP contribution in [0.3, 0.4) is 0 Å². The number of para-hydroxylation sites is 1. The molecule has 8 nitrogen and oxygen atoms in total. The number of hydrogen-bond donors (Lipinski definition) is 3. The van der Waals surface area contributed by atoms with Crippen molar-refractivity contribution in [1.82, 2.24) is 4.90 Å². The first-order valence-electron chi connectivity index (χ1n) is 13.9. The van der Waals surface area contributed by atoms with E-state index >= 15 is 0 Å². The Morgan fingerprint density at radius 2 is 1.49 bits per heavy atom. The van der Waals surface area contributed by atoms with Crippen molar-refractivity contribution in [3.05, 3.63) is 102 Å². The van der Waals surface area contributed by atoms with Gasteiger partial charge in [-0.1, -0.05) is 62.4 Å². The third-order valence-corrected chi connectivity index (χ3v) is 7.55. The smallest absolute Gasteiger partial charge is 0.550 e. The van der Waals surface area contributed by atoms with Crippen LogP contribution >= 0.6 is 0 Å². The summed E-state index contributed by atoms with van der Waals surface area (Å²) in [7, 11) is 0. The molecule has 0 saturated carbocycles. The van der Waals surface area contributed by atoms with E-state index in [9.17, 15) is 34.1 Å². The molecule has 0 radical (unpaired) electrons. The second-order valence-corrected chi connectivity index (χ2v) is 10.7. The first kappa shape index (κ1) is 34.2. The van der Waals surface area contributed by atoms with Crippen LogP contribution in [0.1, 0.15) is 44.2 Å². The molecule has 1 heterocycles. The zero-order valence-electron chi connectivity index (χ0n) is 24.5. The van der Waals surface area contributed by atoms with E-state index in [1.54, 1.807) is 62.4 Å². The monoisotopic (exact) mass is 596 g/mol. The average molecular weight is 597 g/mol. The Kier molecular flexibility index (Phi) is 11.8. The Morgan fingerprint density at radius 3 is 2.05 bits per heavy atom. The Labute approximate surface area is 272 Å². The van der Waals surface area contributed by atoms with Gasteiger partial charge in [-0.15, -0.1) is 0 Å². The van der Waals surface area contributed by atoms with Crippen molar-refractivity contribution in [1.29, 1.82) is 0 Å². The van der Waals surface area contributed by atoms with Crippen LogP contribution in [0, 0.1) is 17.2 Å². The topological polar surface area (TPSA) is 130 Å². The van der Waals surface area contributed by atoms with Gasteiger partial charge in [-0.05, 0) is 66.3 Å². The van der Waals surface area contributed by atoms with Crippen LogP contribution in [-0.2, 0) is 14.4 Å². The maximum Gasteiger partial charge on any atom is 1.00 e. The maximum atomic E-state index is 14.6. The molecular weight excluding hydrogens is 562 g/mol. The predicted octanol–water partition coefficient (Wildman–Crippen LogP) is 0.463. The second-order valence-electron chi connectivity index (χ2n) is 10.7. The fourth-order valence-corrected chi connectivity index (χ4v) is 5.58. The molecule has 0 aliphatic carbocycles. The number of carbonyl (C=O) groups excluding carboxylic acids is 3. The van der Waals surface area contributed by atoms with Crippen molar-refractivity contribution in [3.8, 4) is 0 Å². The van der Waals surface area contributed by atoms with Gasteiger partial charge in [0.2, 0.25) is 11.8 Å². The molecule has 1 aliphatic heterocycles. The molecule has 3 aromatic rings. The largest absolute Gasteiger partial charge is 1.00 e. The number of amides is 2. The van der Waals surface area contributed by atoms with Gasteiger partial charge in [-0.2, -0.15) is 0 Å². The fourth-order valence-electron chi connectivity index (χ4n) is 5.58. The summed E-state index contributed by atoms with van der Waals surface area (Å²) in [6.45, 7) is 3.54. The van der Waals surface area contributed by atoms with Crippen LogP contribution in [-0.4, -0.2) is 51.6 Å². The van der Waals surface area contributed by atoms with Crippen LogP contribution in [0.2, 0.25) is 0 Å². The van der Waals surface area contributed by atoms with E-state index < -0.39 is 53.6 Å². The average Bonchev–Trinajstić information content (AvgIpc) is 3.22. The summed E-state index contributed by atoms with van der Waals surface area (Å²) in [4.78, 5) is 41.3. The van der Waals surface area contributed by atoms with Crippen molar-refractivity contribution < 1.29 is 63.7 Å². The third-order valence-electron chi connectivity index (χ3n) is 7.55. The number of anilines is 1. The summed E-state index contributed by atoms with van der Waals surface area (Å²) >= 11 is 0. The molecule has 3 atom stereocenters. The molecule has 0 fully saturated rings. The number of halogens is 1. The van der Waals surface area contributed by atoms with Crippen molar-refractivity contribution in [3.63, 3.8) is 0 Å². The molecule has 4 rings (SSSR count). The van der Waals surface area contributed by atoms with E-state index in [0.29, 0.717) is 28.1 Å². The first-order valence-corrected chi connectivity index (χ1v) is 13.9. The number of aliphatic carboxylic acids is 1. The number of carbonyl (C=O) groups is 3. The van der Waals surface area contributed by atoms with Gasteiger partial charge in [0, 0.05) is 30.2 Å². The van der Waals surface area contributed by atoms with Gasteiger partial charge in [0.25, 0.3) is 0 Å². The van der Waals surface area contributed by atoms with Crippen LogP contribution < -0.4 is 40.0 Å². The molecule has 1 aliphatic rings. The third kappa shape index (κ3) is 7.42. The fraction of sp³-hybridized carbons (Fsp3) is 0.303. The Morgan fingerprint density at radius 1 is 0.907 bits per heavy atom. The Balaban J connectivity index is 0.00000506. The van der Waals surface area contributed by atoms with Crippen molar-refractivity contribution in [2.45, 2.75) is 45.3 Å². The molecule has 0 saturated heterocycles. The standard InChI is InChI=1S/C33H35FN2O6.Na/c1-21(2)33(31(41)35-25-11-7-4-8-12-25)29(22-9-5-3-6-10-22)30(23-13-15-24(34)16-14-23)36(32(33)42)18-17-26(37)19-27(38)20-28(39)40;/h3-16,21,26-27,37-38H,17-20H2,1-2H3,(H,35,41)(H,39,40);/q;+1/p-1. The minimum Gasteiger partial charge on any atom is -0.550 e. The number of carboxylic acids is 1. The van der Waals surface area contributed by atoms with E-state index in [1.807, 2.05) is 24.3 Å². The molecule has 10 heteroatoms. The number of benzene rings is 3. The van der Waals surface area contributed by atoms with E-state index in [-0.39, 0.29) is 48.9 Å². The summed E-state index contributed by atoms with van der Waals surface area (Å²) in [6, 6.07) is 23.5. The number of aliphatic hydroxyl groups is 2. The molecule has 0 spiro atoms. The Hall–Kier alpha value is -3.34. The quantitative estimate of drug-likeness (QED) is 0.206. The van der Waals surface area contributed by atoms with E-state index in [2.05, 4.69) is 5.32 Å². The normalized spacial score (nSPS) is 17.9. The van der Waals surface area contributed by atoms with Gasteiger partial charge in [0.05, 0.1) is 17.9 Å². The summed E-state index contributed by atoms with van der Waals surface area (Å²) in [6.07, 6.45) is -3.35. The number of aliphatic hydroxyl groups excluding tert-OH is 2. The van der Waals surface area contributed by atoms with Crippen LogP contribution in [0.5, 0.6) is 0 Å². The van der Waals surface area contributed by atoms with E-state index in [0.717, 1.165) is 0 Å². The molecule has 0 aromatic heterocycles. The Bertz CT molecular complexity index is 1450. The minimum absolute atomic E-state index is 0. The van der Waals surface area contributed by atoms with Crippen LogP contribution in [0.4, 0.5) is 10.1 Å². The predicted molar refractivity (Wildman–Crippen MR) is 155 cm³/mol. The zero-order chi connectivity index (χ0) is 30.4. The summed E-state index contributed by atoms with van der Waals surface area (Å²) in [5.41, 5.74) is 0.821. The SMILES string of the molecule is CC(C)C1(C(=O)Nc2ccccc2)C(=O)N(CCC(O)CC(O)CC(=O)[O-])C(c2ccc(F)cc2)=C1c1ccccc1.[Na+]. The second kappa shape index (κ2) is 14.9. The molecule has 3 N–H and O–H groups in total. The number of hydrogen-bond acceptors (Lipinski definition) is 6. The van der Waals surface area contributed by atoms with Gasteiger partial charge in [-0.25, -0.2) is 4.39 Å². The zero-order valence-corrected chi connectivity index (χ0v) is 26.5. The number of rotatable bonds is 12. The molecule has 3 aromatic carbocycles. The first-order chi connectivity index (χ1) is 20.0. The van der Waals surface area contributed by atoms with Crippen molar-refractivity contribution in [2.24, 2.45) is 11.3 Å². The van der Waals surface area contributed by atoms with Gasteiger partial charge >= 0.3 is 29.6 Å². The minimum atomic E-state index is -1.69. The molecular formula is C33H34FN2NaO6. The van der Waals surface area contributed by atoms with Crippen molar-refractivity contribution in [2.75, 3.05) is 11.9 Å². The number of carboxylic acid groups (broad SMARTS) is 1. The van der Waals surface area contributed by atoms with Gasteiger partial charge < -0.3 is 30.3 Å². The molecule has 2 amide bonds.